The van der Waals surface area contributed by atoms with Gasteiger partial charge < -0.3 is 19.9 Å². The fraction of sp³-hybridized carbons (Fsp3) is 0.571. The zero-order chi connectivity index (χ0) is 13.7. The van der Waals surface area contributed by atoms with Crippen molar-refractivity contribution < 1.29 is 14.2 Å². The molecule has 1 aromatic rings. The average Bonchev–Trinajstić information content (AvgIpc) is 2.38. The zero-order valence-electron chi connectivity index (χ0n) is 11.8. The monoisotopic (exact) mass is 253 g/mol. The summed E-state index contributed by atoms with van der Waals surface area (Å²) in [6, 6.07) is 3.77. The Morgan fingerprint density at radius 3 is 1.83 bits per heavy atom. The van der Waals surface area contributed by atoms with Crippen molar-refractivity contribution in [3.8, 4) is 17.2 Å². The molecule has 0 aliphatic carbocycles. The van der Waals surface area contributed by atoms with E-state index in [0.717, 1.165) is 17.1 Å². The summed E-state index contributed by atoms with van der Waals surface area (Å²) in [5.41, 5.74) is 7.11. The van der Waals surface area contributed by atoms with Crippen LogP contribution in [0.25, 0.3) is 0 Å². The molecule has 0 heterocycles. The van der Waals surface area contributed by atoms with Gasteiger partial charge in [0.1, 0.15) is 17.2 Å². The van der Waals surface area contributed by atoms with Crippen LogP contribution in [0.2, 0.25) is 0 Å². The van der Waals surface area contributed by atoms with Gasteiger partial charge in [0.2, 0.25) is 0 Å². The van der Waals surface area contributed by atoms with Gasteiger partial charge in [-0.25, -0.2) is 0 Å². The van der Waals surface area contributed by atoms with Crippen LogP contribution in [0.15, 0.2) is 12.1 Å². The first kappa shape index (κ1) is 14.6. The Balaban J connectivity index is 3.14. The largest absolute Gasteiger partial charge is 0.496 e. The maximum atomic E-state index is 6.12. The first-order valence-electron chi connectivity index (χ1n) is 6.07. The summed E-state index contributed by atoms with van der Waals surface area (Å²) in [5, 5.41) is 0. The van der Waals surface area contributed by atoms with Crippen LogP contribution < -0.4 is 19.9 Å². The minimum atomic E-state index is 0.0706. The Hall–Kier alpha value is -1.42. The Morgan fingerprint density at radius 2 is 1.50 bits per heavy atom. The van der Waals surface area contributed by atoms with Gasteiger partial charge in [-0.3, -0.25) is 0 Å². The van der Waals surface area contributed by atoms with Crippen molar-refractivity contribution in [1.82, 2.24) is 0 Å². The van der Waals surface area contributed by atoms with Crippen molar-refractivity contribution in [2.24, 2.45) is 11.7 Å². The lowest BCUT2D eigenvalue weighted by Gasteiger charge is -2.20. The molecule has 0 aliphatic heterocycles. The lowest BCUT2D eigenvalue weighted by atomic mass is 9.96. The van der Waals surface area contributed by atoms with Gasteiger partial charge in [0.15, 0.2) is 0 Å². The average molecular weight is 253 g/mol. The molecule has 18 heavy (non-hydrogen) atoms. The summed E-state index contributed by atoms with van der Waals surface area (Å²) in [6.45, 7) is 4.21. The highest BCUT2D eigenvalue weighted by atomic mass is 16.5. The van der Waals surface area contributed by atoms with E-state index in [0.29, 0.717) is 18.1 Å². The summed E-state index contributed by atoms with van der Waals surface area (Å²) < 4.78 is 16.0. The highest BCUT2D eigenvalue weighted by molar-refractivity contribution is 5.51. The molecule has 0 spiro atoms. The van der Waals surface area contributed by atoms with Gasteiger partial charge in [-0.1, -0.05) is 13.8 Å². The second-order valence-electron chi connectivity index (χ2n) is 4.62. The Kier molecular flexibility index (Phi) is 5.28. The summed E-state index contributed by atoms with van der Waals surface area (Å²) in [7, 11) is 4.89. The Bertz CT molecular complexity index is 366. The fourth-order valence-corrected chi connectivity index (χ4v) is 1.75. The molecule has 4 heteroatoms. The summed E-state index contributed by atoms with van der Waals surface area (Å²) >= 11 is 0. The number of benzene rings is 1. The number of rotatable bonds is 6. The van der Waals surface area contributed by atoms with Crippen LogP contribution in [-0.2, 0) is 6.42 Å². The van der Waals surface area contributed by atoms with Crippen molar-refractivity contribution in [2.45, 2.75) is 26.3 Å². The van der Waals surface area contributed by atoms with E-state index in [4.69, 9.17) is 19.9 Å². The van der Waals surface area contributed by atoms with Gasteiger partial charge in [0.25, 0.3) is 0 Å². The number of ether oxygens (including phenoxy) is 3. The van der Waals surface area contributed by atoms with Crippen LogP contribution in [-0.4, -0.2) is 27.4 Å². The number of methoxy groups -OCH3 is 3. The van der Waals surface area contributed by atoms with Crippen LogP contribution in [0.5, 0.6) is 17.2 Å². The van der Waals surface area contributed by atoms with Gasteiger partial charge >= 0.3 is 0 Å². The van der Waals surface area contributed by atoms with Crippen molar-refractivity contribution >= 4 is 0 Å². The van der Waals surface area contributed by atoms with Crippen LogP contribution in [0.4, 0.5) is 0 Å². The standard InChI is InChI=1S/C14H23NO3/c1-9(2)12(15)8-11-13(17-4)6-10(16-3)7-14(11)18-5/h6-7,9,12H,8,15H2,1-5H3. The number of nitrogens with two attached hydrogens (primary N) is 1. The first-order chi connectivity index (χ1) is 8.53. The number of hydrogen-bond donors (Lipinski definition) is 1. The SMILES string of the molecule is COc1cc(OC)c(CC(N)C(C)C)c(OC)c1. The highest BCUT2D eigenvalue weighted by Gasteiger charge is 2.17. The van der Waals surface area contributed by atoms with E-state index < -0.39 is 0 Å². The second-order valence-corrected chi connectivity index (χ2v) is 4.62. The van der Waals surface area contributed by atoms with E-state index in [1.807, 2.05) is 12.1 Å². The predicted molar refractivity (Wildman–Crippen MR) is 72.6 cm³/mol. The van der Waals surface area contributed by atoms with E-state index in [2.05, 4.69) is 13.8 Å². The van der Waals surface area contributed by atoms with E-state index in [1.54, 1.807) is 21.3 Å². The van der Waals surface area contributed by atoms with Gasteiger partial charge in [0.05, 0.1) is 21.3 Å². The predicted octanol–water partition coefficient (Wildman–Crippen LogP) is 2.24. The van der Waals surface area contributed by atoms with Crippen molar-refractivity contribution in [3.05, 3.63) is 17.7 Å². The third-order valence-electron chi connectivity index (χ3n) is 3.11. The van der Waals surface area contributed by atoms with Gasteiger partial charge in [-0.15, -0.1) is 0 Å². The third-order valence-corrected chi connectivity index (χ3v) is 3.11. The fourth-order valence-electron chi connectivity index (χ4n) is 1.75. The normalized spacial score (nSPS) is 12.4. The molecule has 1 rings (SSSR count). The molecular weight excluding hydrogens is 230 g/mol. The molecular formula is C14H23NO3. The molecule has 4 nitrogen and oxygen atoms in total. The quantitative estimate of drug-likeness (QED) is 0.844. The minimum absolute atomic E-state index is 0.0706. The third kappa shape index (κ3) is 3.29. The molecule has 0 saturated heterocycles. The molecule has 2 N–H and O–H groups in total. The van der Waals surface area contributed by atoms with Crippen molar-refractivity contribution in [1.29, 1.82) is 0 Å². The van der Waals surface area contributed by atoms with Crippen LogP contribution in [0.3, 0.4) is 0 Å². The molecule has 0 aromatic heterocycles. The highest BCUT2D eigenvalue weighted by Crippen LogP contribution is 2.35. The maximum absolute atomic E-state index is 6.12. The summed E-state index contributed by atoms with van der Waals surface area (Å²) in [6.07, 6.45) is 0.716. The van der Waals surface area contributed by atoms with Gasteiger partial charge in [0, 0.05) is 23.7 Å². The van der Waals surface area contributed by atoms with Gasteiger partial charge in [-0.05, 0) is 12.3 Å². The molecule has 1 atom stereocenters. The molecule has 0 fully saturated rings. The van der Waals surface area contributed by atoms with Crippen LogP contribution in [0, 0.1) is 5.92 Å². The van der Waals surface area contributed by atoms with Crippen LogP contribution in [0.1, 0.15) is 19.4 Å². The second kappa shape index (κ2) is 6.50. The van der Waals surface area contributed by atoms with Crippen LogP contribution >= 0.6 is 0 Å². The lowest BCUT2D eigenvalue weighted by Crippen LogP contribution is -2.29. The smallest absolute Gasteiger partial charge is 0.129 e. The molecule has 1 aromatic carbocycles. The molecule has 0 amide bonds. The number of hydrogen-bond acceptors (Lipinski definition) is 4. The van der Waals surface area contributed by atoms with Crippen molar-refractivity contribution in [2.75, 3.05) is 21.3 Å². The summed E-state index contributed by atoms with van der Waals surface area (Å²) in [4.78, 5) is 0. The first-order valence-corrected chi connectivity index (χ1v) is 6.07. The maximum Gasteiger partial charge on any atom is 0.129 e. The zero-order valence-corrected chi connectivity index (χ0v) is 11.8. The van der Waals surface area contributed by atoms with Crippen molar-refractivity contribution in [3.63, 3.8) is 0 Å². The van der Waals surface area contributed by atoms with E-state index in [1.165, 1.54) is 0 Å². The van der Waals surface area contributed by atoms with E-state index in [9.17, 15) is 0 Å². The Labute approximate surface area is 109 Å². The topological polar surface area (TPSA) is 53.7 Å². The Morgan fingerprint density at radius 1 is 1.00 bits per heavy atom. The van der Waals surface area contributed by atoms with E-state index in [-0.39, 0.29) is 6.04 Å². The lowest BCUT2D eigenvalue weighted by molar-refractivity contribution is 0.363. The molecule has 1 unspecified atom stereocenters. The summed E-state index contributed by atoms with van der Waals surface area (Å²) in [5.74, 6) is 2.62. The molecule has 0 bridgehead atoms. The molecule has 0 aliphatic rings. The van der Waals surface area contributed by atoms with E-state index >= 15 is 0 Å². The minimum Gasteiger partial charge on any atom is -0.496 e. The molecule has 102 valence electrons. The van der Waals surface area contributed by atoms with Gasteiger partial charge in [-0.2, -0.15) is 0 Å². The molecule has 0 radical (unpaired) electrons. The molecule has 0 saturated carbocycles.